The molecule has 2 aromatic heterocycles. The molecule has 10 nitrogen and oxygen atoms in total. The molecule has 0 saturated carbocycles. The summed E-state index contributed by atoms with van der Waals surface area (Å²) >= 11 is 0. The van der Waals surface area contributed by atoms with Crippen LogP contribution in [0.5, 0.6) is 5.75 Å². The zero-order chi connectivity index (χ0) is 18.8. The van der Waals surface area contributed by atoms with E-state index in [1.165, 1.54) is 25.3 Å². The summed E-state index contributed by atoms with van der Waals surface area (Å²) in [6, 6.07) is 5.90. The molecule has 134 valence electrons. The third-order valence-electron chi connectivity index (χ3n) is 3.80. The first-order valence-electron chi connectivity index (χ1n) is 7.69. The molecule has 0 bridgehead atoms. The van der Waals surface area contributed by atoms with Crippen LogP contribution in [-0.4, -0.2) is 37.5 Å². The first-order chi connectivity index (χ1) is 12.4. The van der Waals surface area contributed by atoms with E-state index in [0.717, 1.165) is 11.4 Å². The minimum Gasteiger partial charge on any atom is -0.490 e. The number of nitrogens with zero attached hydrogens (tertiary/aromatic N) is 5. The van der Waals surface area contributed by atoms with Gasteiger partial charge in [0.05, 0.1) is 18.6 Å². The number of ether oxygens (including phenoxy) is 1. The third kappa shape index (κ3) is 3.16. The number of fused-ring (bicyclic) bond motifs is 1. The van der Waals surface area contributed by atoms with Crippen molar-refractivity contribution in [2.75, 3.05) is 7.11 Å². The molecule has 0 unspecified atom stereocenters. The van der Waals surface area contributed by atoms with E-state index in [-0.39, 0.29) is 23.5 Å². The summed E-state index contributed by atoms with van der Waals surface area (Å²) < 4.78 is 6.67. The lowest BCUT2D eigenvalue weighted by molar-refractivity contribution is -0.385. The van der Waals surface area contributed by atoms with Crippen molar-refractivity contribution in [2.24, 2.45) is 0 Å². The largest absolute Gasteiger partial charge is 0.490 e. The number of nitrogens with one attached hydrogen (secondary N) is 1. The maximum Gasteiger partial charge on any atom is 0.311 e. The standard InChI is InChI=1S/C16H16N6O4/c1-9-6-10(2)21-14(19-20-16(21)18-9)8-17-15(23)11-4-5-13(26-3)12(7-11)22(24)25/h4-7H,8H2,1-3H3,(H,17,23). The highest BCUT2D eigenvalue weighted by Crippen LogP contribution is 2.27. The molecular weight excluding hydrogens is 340 g/mol. The van der Waals surface area contributed by atoms with Crippen molar-refractivity contribution >= 4 is 17.4 Å². The van der Waals surface area contributed by atoms with Crippen LogP contribution < -0.4 is 10.1 Å². The lowest BCUT2D eigenvalue weighted by Gasteiger charge is -2.07. The van der Waals surface area contributed by atoms with Crippen LogP contribution >= 0.6 is 0 Å². The van der Waals surface area contributed by atoms with E-state index in [0.29, 0.717) is 11.6 Å². The molecule has 0 radical (unpaired) electrons. The Morgan fingerprint density at radius 3 is 2.77 bits per heavy atom. The average Bonchev–Trinajstić information content (AvgIpc) is 3.02. The van der Waals surface area contributed by atoms with Crippen molar-refractivity contribution < 1.29 is 14.5 Å². The van der Waals surface area contributed by atoms with Crippen LogP contribution in [0.25, 0.3) is 5.78 Å². The number of aromatic nitrogens is 4. The van der Waals surface area contributed by atoms with Crippen molar-refractivity contribution in [1.82, 2.24) is 24.9 Å². The first kappa shape index (κ1) is 17.3. The fourth-order valence-corrected chi connectivity index (χ4v) is 2.65. The lowest BCUT2D eigenvalue weighted by atomic mass is 10.1. The van der Waals surface area contributed by atoms with Crippen molar-refractivity contribution in [3.05, 3.63) is 57.2 Å². The Morgan fingerprint density at radius 2 is 2.08 bits per heavy atom. The Morgan fingerprint density at radius 1 is 1.31 bits per heavy atom. The first-order valence-corrected chi connectivity index (χ1v) is 7.69. The van der Waals surface area contributed by atoms with Crippen molar-refractivity contribution in [3.8, 4) is 5.75 Å². The molecule has 2 heterocycles. The molecule has 26 heavy (non-hydrogen) atoms. The number of hydrogen-bond acceptors (Lipinski definition) is 7. The Kier molecular flexibility index (Phi) is 4.48. The SMILES string of the molecule is COc1ccc(C(=O)NCc2nnc3nc(C)cc(C)n23)cc1[N+](=O)[O-]. The molecule has 1 aromatic carbocycles. The van der Waals surface area contributed by atoms with Crippen LogP contribution in [0.4, 0.5) is 5.69 Å². The van der Waals surface area contributed by atoms with Gasteiger partial charge in [-0.15, -0.1) is 10.2 Å². The van der Waals surface area contributed by atoms with Gasteiger partial charge >= 0.3 is 5.69 Å². The molecule has 0 aliphatic heterocycles. The summed E-state index contributed by atoms with van der Waals surface area (Å²) in [4.78, 5) is 27.1. The van der Waals surface area contributed by atoms with Gasteiger partial charge in [-0.25, -0.2) is 4.98 Å². The molecule has 3 rings (SSSR count). The molecule has 3 aromatic rings. The van der Waals surface area contributed by atoms with Crippen LogP contribution in [0.15, 0.2) is 24.3 Å². The zero-order valence-corrected chi connectivity index (χ0v) is 14.4. The number of methoxy groups -OCH3 is 1. The van der Waals surface area contributed by atoms with E-state index in [9.17, 15) is 14.9 Å². The zero-order valence-electron chi connectivity index (χ0n) is 14.4. The number of carbonyl (C=O) groups is 1. The fraction of sp³-hybridized carbons (Fsp3) is 0.250. The van der Waals surface area contributed by atoms with Crippen molar-refractivity contribution in [3.63, 3.8) is 0 Å². The summed E-state index contributed by atoms with van der Waals surface area (Å²) in [5.41, 5.74) is 1.59. The Hall–Kier alpha value is -3.56. The second-order valence-corrected chi connectivity index (χ2v) is 5.62. The Balaban J connectivity index is 1.82. The van der Waals surface area contributed by atoms with Crippen LogP contribution in [0.2, 0.25) is 0 Å². The van der Waals surface area contributed by atoms with E-state index < -0.39 is 10.8 Å². The average molecular weight is 356 g/mol. The molecule has 10 heteroatoms. The van der Waals surface area contributed by atoms with Gasteiger partial charge in [0.15, 0.2) is 11.6 Å². The molecule has 1 amide bonds. The molecule has 0 fully saturated rings. The Bertz CT molecular complexity index is 1010. The van der Waals surface area contributed by atoms with E-state index in [1.54, 1.807) is 4.40 Å². The maximum atomic E-state index is 12.3. The van der Waals surface area contributed by atoms with Gasteiger partial charge in [0.1, 0.15) is 0 Å². The van der Waals surface area contributed by atoms with Gasteiger partial charge in [-0.3, -0.25) is 19.3 Å². The van der Waals surface area contributed by atoms with Gasteiger partial charge in [-0.05, 0) is 32.0 Å². The van der Waals surface area contributed by atoms with E-state index in [2.05, 4.69) is 20.5 Å². The number of nitro groups is 1. The van der Waals surface area contributed by atoms with Gasteiger partial charge < -0.3 is 10.1 Å². The number of rotatable bonds is 5. The second-order valence-electron chi connectivity index (χ2n) is 5.62. The van der Waals surface area contributed by atoms with Gasteiger partial charge in [0.25, 0.3) is 11.7 Å². The number of amides is 1. The normalized spacial score (nSPS) is 10.7. The van der Waals surface area contributed by atoms with Crippen LogP contribution in [0, 0.1) is 24.0 Å². The molecule has 0 saturated heterocycles. The van der Waals surface area contributed by atoms with Gasteiger partial charge in [0.2, 0.25) is 0 Å². The summed E-state index contributed by atoms with van der Waals surface area (Å²) in [7, 11) is 1.33. The summed E-state index contributed by atoms with van der Waals surface area (Å²) in [5, 5.41) is 21.8. The van der Waals surface area contributed by atoms with Crippen LogP contribution in [-0.2, 0) is 6.54 Å². The van der Waals surface area contributed by atoms with E-state index in [1.807, 2.05) is 19.9 Å². The Labute approximate surface area is 148 Å². The van der Waals surface area contributed by atoms with Gasteiger partial charge in [-0.2, -0.15) is 0 Å². The number of benzene rings is 1. The summed E-state index contributed by atoms with van der Waals surface area (Å²) in [5.74, 6) is 0.588. The van der Waals surface area contributed by atoms with Crippen molar-refractivity contribution in [2.45, 2.75) is 20.4 Å². The van der Waals surface area contributed by atoms with Gasteiger partial charge in [-0.1, -0.05) is 0 Å². The maximum absolute atomic E-state index is 12.3. The monoisotopic (exact) mass is 356 g/mol. The summed E-state index contributed by atoms with van der Waals surface area (Å²) in [6.45, 7) is 3.86. The lowest BCUT2D eigenvalue weighted by Crippen LogP contribution is -2.24. The highest BCUT2D eigenvalue weighted by Gasteiger charge is 2.18. The molecule has 0 spiro atoms. The van der Waals surface area contributed by atoms with E-state index >= 15 is 0 Å². The van der Waals surface area contributed by atoms with Crippen LogP contribution in [0.3, 0.4) is 0 Å². The number of hydrogen-bond donors (Lipinski definition) is 1. The minimum absolute atomic E-state index is 0.0899. The number of carbonyl (C=O) groups excluding carboxylic acids is 1. The predicted molar refractivity (Wildman–Crippen MR) is 91.1 cm³/mol. The highest BCUT2D eigenvalue weighted by molar-refractivity contribution is 5.95. The van der Waals surface area contributed by atoms with E-state index in [4.69, 9.17) is 4.74 Å². The summed E-state index contributed by atoms with van der Waals surface area (Å²) in [6.07, 6.45) is 0. The topological polar surface area (TPSA) is 125 Å². The highest BCUT2D eigenvalue weighted by atomic mass is 16.6. The van der Waals surface area contributed by atoms with Crippen LogP contribution in [0.1, 0.15) is 27.6 Å². The third-order valence-corrected chi connectivity index (χ3v) is 3.80. The second kappa shape index (κ2) is 6.75. The fourth-order valence-electron chi connectivity index (χ4n) is 2.65. The number of nitro benzene ring substituents is 1. The molecular formula is C16H16N6O4. The molecule has 0 aliphatic rings. The van der Waals surface area contributed by atoms with Crippen molar-refractivity contribution in [1.29, 1.82) is 0 Å². The van der Waals surface area contributed by atoms with Gasteiger partial charge in [0, 0.05) is 23.0 Å². The number of aryl methyl sites for hydroxylation is 2. The molecule has 0 atom stereocenters. The molecule has 1 N–H and O–H groups in total. The minimum atomic E-state index is -0.598. The quantitative estimate of drug-likeness (QED) is 0.543. The smallest absolute Gasteiger partial charge is 0.311 e. The molecule has 0 aliphatic carbocycles. The predicted octanol–water partition coefficient (Wildman–Crippen LogP) is 1.59.